The molecule has 1 unspecified atom stereocenters. The number of carboxylic acid groups (broad SMARTS) is 1. The van der Waals surface area contributed by atoms with Gasteiger partial charge in [0.1, 0.15) is 6.04 Å². The molecule has 2 heterocycles. The number of amides is 1. The summed E-state index contributed by atoms with van der Waals surface area (Å²) in [6, 6.07) is 0.774. The Hall–Kier alpha value is -2.48. The van der Waals surface area contributed by atoms with Crippen LogP contribution in [0.4, 0.5) is 0 Å². The van der Waals surface area contributed by atoms with E-state index < -0.39 is 17.9 Å². The molecule has 0 radical (unpaired) electrons. The lowest BCUT2D eigenvalue weighted by atomic mass is 10.1. The molecule has 25 heavy (non-hydrogen) atoms. The summed E-state index contributed by atoms with van der Waals surface area (Å²) >= 11 is 0. The van der Waals surface area contributed by atoms with E-state index in [2.05, 4.69) is 15.4 Å². The van der Waals surface area contributed by atoms with Gasteiger partial charge in [-0.05, 0) is 25.8 Å². The third-order valence-corrected chi connectivity index (χ3v) is 4.44. The van der Waals surface area contributed by atoms with Gasteiger partial charge in [0.25, 0.3) is 5.91 Å². The molecule has 2 N–H and O–H groups in total. The first-order valence-corrected chi connectivity index (χ1v) is 8.29. The van der Waals surface area contributed by atoms with E-state index in [1.165, 1.54) is 7.11 Å². The normalized spacial score (nSPS) is 15.3. The van der Waals surface area contributed by atoms with Crippen molar-refractivity contribution in [2.75, 3.05) is 13.7 Å². The van der Waals surface area contributed by atoms with Gasteiger partial charge in [0, 0.05) is 38.8 Å². The second kappa shape index (κ2) is 6.79. The van der Waals surface area contributed by atoms with Crippen molar-refractivity contribution in [3.05, 3.63) is 23.0 Å². The number of hydrogen-bond donors (Lipinski definition) is 2. The van der Waals surface area contributed by atoms with E-state index in [1.807, 2.05) is 6.92 Å². The summed E-state index contributed by atoms with van der Waals surface area (Å²) in [5.74, 6) is -1.13. The van der Waals surface area contributed by atoms with Crippen molar-refractivity contribution < 1.29 is 19.4 Å². The van der Waals surface area contributed by atoms with Crippen LogP contribution in [0.25, 0.3) is 11.0 Å². The van der Waals surface area contributed by atoms with Crippen LogP contribution in [0.15, 0.2) is 6.07 Å². The van der Waals surface area contributed by atoms with Gasteiger partial charge in [-0.3, -0.25) is 9.48 Å². The number of carbonyl (C=O) groups excluding carboxylic acids is 1. The van der Waals surface area contributed by atoms with Crippen LogP contribution in [-0.2, 0) is 16.6 Å². The molecule has 0 bridgehead atoms. The number of aromatic nitrogens is 3. The average molecular weight is 346 g/mol. The van der Waals surface area contributed by atoms with E-state index in [1.54, 1.807) is 17.8 Å². The number of methoxy groups -OCH3 is 1. The van der Waals surface area contributed by atoms with Gasteiger partial charge in [-0.2, -0.15) is 5.10 Å². The van der Waals surface area contributed by atoms with Gasteiger partial charge in [0.2, 0.25) is 0 Å². The van der Waals surface area contributed by atoms with Crippen LogP contribution < -0.4 is 5.32 Å². The van der Waals surface area contributed by atoms with Crippen LogP contribution in [0.1, 0.15) is 46.9 Å². The second-order valence-corrected chi connectivity index (χ2v) is 6.42. The Labute approximate surface area is 145 Å². The Balaban J connectivity index is 1.98. The van der Waals surface area contributed by atoms with Crippen LogP contribution in [-0.4, -0.2) is 51.5 Å². The number of nitrogens with one attached hydrogen (secondary N) is 1. The van der Waals surface area contributed by atoms with E-state index in [9.17, 15) is 14.7 Å². The molecular weight excluding hydrogens is 324 g/mol. The number of carbonyl (C=O) groups is 2. The number of rotatable bonds is 7. The largest absolute Gasteiger partial charge is 0.480 e. The highest BCUT2D eigenvalue weighted by atomic mass is 16.5. The van der Waals surface area contributed by atoms with Crippen LogP contribution in [0, 0.1) is 6.92 Å². The van der Waals surface area contributed by atoms with Gasteiger partial charge in [0.05, 0.1) is 16.6 Å². The highest BCUT2D eigenvalue weighted by Gasteiger charge is 2.29. The summed E-state index contributed by atoms with van der Waals surface area (Å²) in [5, 5.41) is 16.9. The zero-order valence-corrected chi connectivity index (χ0v) is 14.6. The lowest BCUT2D eigenvalue weighted by Crippen LogP contribution is -2.41. The molecular formula is C17H22N4O4. The third-order valence-electron chi connectivity index (χ3n) is 4.44. The van der Waals surface area contributed by atoms with Crippen molar-refractivity contribution in [2.24, 2.45) is 7.05 Å². The maximum absolute atomic E-state index is 12.8. The Bertz CT molecular complexity index is 826. The van der Waals surface area contributed by atoms with E-state index >= 15 is 0 Å². The summed E-state index contributed by atoms with van der Waals surface area (Å²) in [5.41, 5.74) is 2.64. The molecule has 0 spiro atoms. The minimum atomic E-state index is -1.08. The highest BCUT2D eigenvalue weighted by Crippen LogP contribution is 2.40. The molecule has 1 saturated carbocycles. The molecule has 1 aliphatic rings. The Morgan fingerprint density at radius 2 is 2.20 bits per heavy atom. The number of aliphatic carboxylic acids is 1. The molecule has 1 amide bonds. The standard InChI is InChI=1S/C17H22N4O4/c1-9-14-11(16(22)19-12(17(23)24)6-7-25-3)8-13(10-4-5-10)18-15(14)21(2)20-9/h8,10,12H,4-7H2,1-3H3,(H,19,22)(H,23,24). The van der Waals surface area contributed by atoms with Gasteiger partial charge >= 0.3 is 5.97 Å². The van der Waals surface area contributed by atoms with E-state index in [4.69, 9.17) is 4.74 Å². The number of nitrogens with zero attached hydrogens (tertiary/aromatic N) is 3. The van der Waals surface area contributed by atoms with Gasteiger partial charge in [-0.15, -0.1) is 0 Å². The van der Waals surface area contributed by atoms with Gasteiger partial charge in [-0.25, -0.2) is 9.78 Å². The molecule has 0 aliphatic heterocycles. The Morgan fingerprint density at radius 3 is 2.80 bits per heavy atom. The fourth-order valence-corrected chi connectivity index (χ4v) is 2.96. The van der Waals surface area contributed by atoms with Crippen molar-refractivity contribution >= 4 is 22.9 Å². The molecule has 2 aromatic rings. The fourth-order valence-electron chi connectivity index (χ4n) is 2.96. The summed E-state index contributed by atoms with van der Waals surface area (Å²) in [7, 11) is 3.29. The maximum Gasteiger partial charge on any atom is 0.326 e. The number of fused-ring (bicyclic) bond motifs is 1. The summed E-state index contributed by atoms with van der Waals surface area (Å²) < 4.78 is 6.58. The molecule has 0 saturated heterocycles. The molecule has 8 heteroatoms. The van der Waals surface area contributed by atoms with Crippen molar-refractivity contribution in [2.45, 2.75) is 38.1 Å². The summed E-state index contributed by atoms with van der Waals surface area (Å²) in [4.78, 5) is 28.9. The first kappa shape index (κ1) is 17.3. The van der Waals surface area contributed by atoms with E-state index in [0.717, 1.165) is 18.5 Å². The molecule has 1 atom stereocenters. The fraction of sp³-hybridized carbons (Fsp3) is 0.529. The lowest BCUT2D eigenvalue weighted by Gasteiger charge is -2.15. The molecule has 134 valence electrons. The van der Waals surface area contributed by atoms with Crippen LogP contribution in [0.2, 0.25) is 0 Å². The van der Waals surface area contributed by atoms with Crippen molar-refractivity contribution in [1.29, 1.82) is 0 Å². The Kier molecular flexibility index (Phi) is 4.71. The summed E-state index contributed by atoms with van der Waals surface area (Å²) in [6.45, 7) is 2.07. The van der Waals surface area contributed by atoms with E-state index in [0.29, 0.717) is 28.2 Å². The third kappa shape index (κ3) is 3.48. The number of aryl methyl sites for hydroxylation is 2. The number of pyridine rings is 1. The molecule has 2 aromatic heterocycles. The average Bonchev–Trinajstić information content (AvgIpc) is 3.37. The quantitative estimate of drug-likeness (QED) is 0.784. The van der Waals surface area contributed by atoms with Crippen molar-refractivity contribution in [1.82, 2.24) is 20.1 Å². The second-order valence-electron chi connectivity index (χ2n) is 6.42. The van der Waals surface area contributed by atoms with Crippen molar-refractivity contribution in [3.63, 3.8) is 0 Å². The first-order valence-electron chi connectivity index (χ1n) is 8.29. The molecule has 3 rings (SSSR count). The highest BCUT2D eigenvalue weighted by molar-refractivity contribution is 6.07. The van der Waals surface area contributed by atoms with E-state index in [-0.39, 0.29) is 13.0 Å². The molecule has 8 nitrogen and oxygen atoms in total. The molecule has 1 fully saturated rings. The van der Waals surface area contributed by atoms with Gasteiger partial charge < -0.3 is 15.2 Å². The topological polar surface area (TPSA) is 106 Å². The zero-order valence-electron chi connectivity index (χ0n) is 14.6. The minimum Gasteiger partial charge on any atom is -0.480 e. The first-order chi connectivity index (χ1) is 11.9. The maximum atomic E-state index is 12.8. The van der Waals surface area contributed by atoms with Crippen molar-refractivity contribution in [3.8, 4) is 0 Å². The SMILES string of the molecule is COCCC(NC(=O)c1cc(C2CC2)nc2c1c(C)nn2C)C(=O)O. The van der Waals surface area contributed by atoms with Crippen LogP contribution >= 0.6 is 0 Å². The monoisotopic (exact) mass is 346 g/mol. The molecule has 0 aromatic carbocycles. The van der Waals surface area contributed by atoms with Crippen LogP contribution in [0.5, 0.6) is 0 Å². The lowest BCUT2D eigenvalue weighted by molar-refractivity contribution is -0.139. The summed E-state index contributed by atoms with van der Waals surface area (Å²) in [6.07, 6.45) is 2.32. The number of ether oxygens (including phenoxy) is 1. The minimum absolute atomic E-state index is 0.202. The number of carboxylic acids is 1. The zero-order chi connectivity index (χ0) is 18.1. The van der Waals surface area contributed by atoms with Gasteiger partial charge in [-0.1, -0.05) is 0 Å². The van der Waals surface area contributed by atoms with Gasteiger partial charge in [0.15, 0.2) is 5.65 Å². The molecule has 1 aliphatic carbocycles. The predicted molar refractivity (Wildman–Crippen MR) is 90.6 cm³/mol. The number of hydrogen-bond acceptors (Lipinski definition) is 5. The van der Waals surface area contributed by atoms with Crippen LogP contribution in [0.3, 0.4) is 0 Å². The smallest absolute Gasteiger partial charge is 0.326 e. The predicted octanol–water partition coefficient (Wildman–Crippen LogP) is 1.37. The Morgan fingerprint density at radius 1 is 1.48 bits per heavy atom.